The molecule has 5 heteroatoms. The minimum atomic E-state index is -0.662. The summed E-state index contributed by atoms with van der Waals surface area (Å²) in [6, 6.07) is 32.4. The van der Waals surface area contributed by atoms with E-state index in [4.69, 9.17) is 0 Å². The number of amides is 2. The largest absolute Gasteiger partial charge is 0.350 e. The van der Waals surface area contributed by atoms with Crippen molar-refractivity contribution in [2.45, 2.75) is 32.0 Å². The van der Waals surface area contributed by atoms with Crippen LogP contribution in [0.4, 0.5) is 0 Å². The number of hydrogen-bond acceptors (Lipinski definition) is 3. The average molecular weight is 464 g/mol. The number of aromatic nitrogens is 1. The summed E-state index contributed by atoms with van der Waals surface area (Å²) in [6.45, 7) is 0.703. The second-order valence-corrected chi connectivity index (χ2v) is 8.45. The fourth-order valence-corrected chi connectivity index (χ4v) is 4.02. The van der Waals surface area contributed by atoms with E-state index in [1.807, 2.05) is 103 Å². The van der Waals surface area contributed by atoms with Crippen LogP contribution in [0.2, 0.25) is 0 Å². The van der Waals surface area contributed by atoms with E-state index in [1.165, 1.54) is 0 Å². The smallest absolute Gasteiger partial charge is 0.243 e. The molecular weight excluding hydrogens is 434 g/mol. The number of nitrogens with zero attached hydrogens (tertiary/aromatic N) is 2. The highest BCUT2D eigenvalue weighted by atomic mass is 16.2. The summed E-state index contributed by atoms with van der Waals surface area (Å²) in [6.07, 6.45) is 4.09. The lowest BCUT2D eigenvalue weighted by atomic mass is 10.0. The zero-order chi connectivity index (χ0) is 24.3. The van der Waals surface area contributed by atoms with Gasteiger partial charge in [0.1, 0.15) is 6.04 Å². The summed E-state index contributed by atoms with van der Waals surface area (Å²) in [7, 11) is 0. The van der Waals surface area contributed by atoms with Crippen LogP contribution in [-0.2, 0) is 35.5 Å². The molecule has 35 heavy (non-hydrogen) atoms. The molecular formula is C30H29N3O2. The third kappa shape index (κ3) is 7.11. The first-order valence-electron chi connectivity index (χ1n) is 11.8. The molecule has 1 aromatic heterocycles. The molecule has 0 unspecified atom stereocenters. The number of pyridine rings is 1. The van der Waals surface area contributed by atoms with E-state index in [0.717, 1.165) is 22.3 Å². The van der Waals surface area contributed by atoms with Crippen molar-refractivity contribution < 1.29 is 9.59 Å². The fourth-order valence-electron chi connectivity index (χ4n) is 4.02. The Morgan fingerprint density at radius 2 is 1.29 bits per heavy atom. The van der Waals surface area contributed by atoms with Crippen molar-refractivity contribution in [3.05, 3.63) is 138 Å². The lowest BCUT2D eigenvalue weighted by Gasteiger charge is -2.31. The summed E-state index contributed by atoms with van der Waals surface area (Å²) >= 11 is 0. The van der Waals surface area contributed by atoms with Gasteiger partial charge in [0.25, 0.3) is 0 Å². The Kier molecular flexibility index (Phi) is 8.38. The van der Waals surface area contributed by atoms with Crippen LogP contribution >= 0.6 is 0 Å². The molecule has 1 atom stereocenters. The van der Waals surface area contributed by atoms with Gasteiger partial charge in [0, 0.05) is 31.9 Å². The number of benzene rings is 3. The molecule has 0 aliphatic carbocycles. The van der Waals surface area contributed by atoms with Crippen LogP contribution in [0.1, 0.15) is 22.3 Å². The van der Waals surface area contributed by atoms with E-state index in [-0.39, 0.29) is 18.2 Å². The van der Waals surface area contributed by atoms with Crippen LogP contribution in [0.25, 0.3) is 0 Å². The van der Waals surface area contributed by atoms with E-state index in [0.29, 0.717) is 19.5 Å². The van der Waals surface area contributed by atoms with E-state index in [1.54, 1.807) is 17.3 Å². The first-order valence-corrected chi connectivity index (χ1v) is 11.8. The molecule has 0 spiro atoms. The van der Waals surface area contributed by atoms with Crippen LogP contribution in [0.15, 0.2) is 116 Å². The maximum absolute atomic E-state index is 13.7. The van der Waals surface area contributed by atoms with E-state index < -0.39 is 6.04 Å². The zero-order valence-electron chi connectivity index (χ0n) is 19.6. The molecule has 1 N–H and O–H groups in total. The molecule has 4 aromatic rings. The molecule has 4 rings (SSSR count). The Bertz CT molecular complexity index is 1200. The van der Waals surface area contributed by atoms with Gasteiger partial charge in [-0.3, -0.25) is 14.6 Å². The lowest BCUT2D eigenvalue weighted by Crippen LogP contribution is -2.50. The standard InChI is InChI=1S/C30H29N3O2/c34-29(20-25-13-6-2-7-14-25)33(23-26-15-8-3-9-16-26)28(19-24-11-4-1-5-12-24)30(35)32-22-27-17-10-18-31-21-27/h1-18,21,28H,19-20,22-23H2,(H,32,35)/t28-/m0/s1. The quantitative estimate of drug-likeness (QED) is 0.374. The molecule has 5 nitrogen and oxygen atoms in total. The first-order chi connectivity index (χ1) is 17.2. The predicted octanol–water partition coefficient (Wildman–Crippen LogP) is 4.58. The Hall–Kier alpha value is -4.25. The van der Waals surface area contributed by atoms with Gasteiger partial charge in [0.05, 0.1) is 6.42 Å². The molecule has 0 aliphatic heterocycles. The van der Waals surface area contributed by atoms with Crippen molar-refractivity contribution in [1.82, 2.24) is 15.2 Å². The number of rotatable bonds is 10. The van der Waals surface area contributed by atoms with Crippen molar-refractivity contribution in [2.24, 2.45) is 0 Å². The average Bonchev–Trinajstić information content (AvgIpc) is 2.91. The molecule has 0 radical (unpaired) electrons. The van der Waals surface area contributed by atoms with Gasteiger partial charge in [-0.15, -0.1) is 0 Å². The van der Waals surface area contributed by atoms with Gasteiger partial charge in [0.15, 0.2) is 0 Å². The third-order valence-electron chi connectivity index (χ3n) is 5.85. The van der Waals surface area contributed by atoms with Gasteiger partial charge in [-0.25, -0.2) is 0 Å². The summed E-state index contributed by atoms with van der Waals surface area (Å²) in [5.41, 5.74) is 3.81. The molecule has 1 heterocycles. The molecule has 0 fully saturated rings. The topological polar surface area (TPSA) is 62.3 Å². The van der Waals surface area contributed by atoms with E-state index in [9.17, 15) is 9.59 Å². The Morgan fingerprint density at radius 1 is 0.714 bits per heavy atom. The van der Waals surface area contributed by atoms with E-state index in [2.05, 4.69) is 10.3 Å². The van der Waals surface area contributed by atoms with Crippen LogP contribution in [0.5, 0.6) is 0 Å². The molecule has 0 aliphatic rings. The lowest BCUT2D eigenvalue weighted by molar-refractivity contribution is -0.140. The van der Waals surface area contributed by atoms with Crippen LogP contribution in [-0.4, -0.2) is 27.7 Å². The van der Waals surface area contributed by atoms with Crippen molar-refractivity contribution in [2.75, 3.05) is 0 Å². The van der Waals surface area contributed by atoms with Crippen molar-refractivity contribution in [3.63, 3.8) is 0 Å². The first kappa shape index (κ1) is 23.9. The second kappa shape index (κ2) is 12.3. The summed E-state index contributed by atoms with van der Waals surface area (Å²) < 4.78 is 0. The highest BCUT2D eigenvalue weighted by molar-refractivity contribution is 5.88. The molecule has 0 bridgehead atoms. The SMILES string of the molecule is O=C(NCc1cccnc1)[C@H](Cc1ccccc1)N(Cc1ccccc1)C(=O)Cc1ccccc1. The number of carbonyl (C=O) groups excluding carboxylic acids is 2. The van der Waals surface area contributed by atoms with Crippen molar-refractivity contribution >= 4 is 11.8 Å². The Morgan fingerprint density at radius 3 is 1.89 bits per heavy atom. The van der Waals surface area contributed by atoms with Gasteiger partial charge in [0.2, 0.25) is 11.8 Å². The summed E-state index contributed by atoms with van der Waals surface area (Å²) in [4.78, 5) is 33.1. The monoisotopic (exact) mass is 463 g/mol. The number of hydrogen-bond donors (Lipinski definition) is 1. The fraction of sp³-hybridized carbons (Fsp3) is 0.167. The minimum absolute atomic E-state index is 0.0856. The molecule has 176 valence electrons. The molecule has 2 amide bonds. The zero-order valence-corrected chi connectivity index (χ0v) is 19.6. The minimum Gasteiger partial charge on any atom is -0.350 e. The molecule has 0 saturated heterocycles. The van der Waals surface area contributed by atoms with Gasteiger partial charge in [-0.1, -0.05) is 97.1 Å². The third-order valence-corrected chi connectivity index (χ3v) is 5.85. The van der Waals surface area contributed by atoms with Gasteiger partial charge >= 0.3 is 0 Å². The maximum atomic E-state index is 13.7. The molecule has 0 saturated carbocycles. The van der Waals surface area contributed by atoms with Crippen LogP contribution in [0, 0.1) is 0 Å². The van der Waals surface area contributed by atoms with Gasteiger partial charge in [-0.05, 0) is 28.3 Å². The van der Waals surface area contributed by atoms with Crippen molar-refractivity contribution in [1.29, 1.82) is 0 Å². The second-order valence-electron chi connectivity index (χ2n) is 8.45. The number of nitrogens with one attached hydrogen (secondary N) is 1. The maximum Gasteiger partial charge on any atom is 0.243 e. The normalized spacial score (nSPS) is 11.4. The van der Waals surface area contributed by atoms with Crippen LogP contribution < -0.4 is 5.32 Å². The van der Waals surface area contributed by atoms with Gasteiger partial charge < -0.3 is 10.2 Å². The molecule has 3 aromatic carbocycles. The number of carbonyl (C=O) groups is 2. The van der Waals surface area contributed by atoms with Crippen LogP contribution in [0.3, 0.4) is 0 Å². The summed E-state index contributed by atoms with van der Waals surface area (Å²) in [5.74, 6) is -0.271. The van der Waals surface area contributed by atoms with Crippen molar-refractivity contribution in [3.8, 4) is 0 Å². The van der Waals surface area contributed by atoms with Gasteiger partial charge in [-0.2, -0.15) is 0 Å². The summed E-state index contributed by atoms with van der Waals surface area (Å²) in [5, 5.41) is 3.03. The Balaban J connectivity index is 1.62. The predicted molar refractivity (Wildman–Crippen MR) is 137 cm³/mol. The highest BCUT2D eigenvalue weighted by Crippen LogP contribution is 2.17. The highest BCUT2D eigenvalue weighted by Gasteiger charge is 2.30. The Labute approximate surface area is 206 Å². The van der Waals surface area contributed by atoms with E-state index >= 15 is 0 Å².